The number of rotatable bonds is 6. The van der Waals surface area contributed by atoms with Crippen LogP contribution in [0.1, 0.15) is 41.4 Å². The minimum atomic E-state index is -0.711. The summed E-state index contributed by atoms with van der Waals surface area (Å²) in [4.78, 5) is 13.5. The molecular formula is C30H24ClFN2O4. The average Bonchev–Trinajstić information content (AvgIpc) is 2.92. The Labute approximate surface area is 224 Å². The van der Waals surface area contributed by atoms with E-state index in [-0.39, 0.29) is 40.4 Å². The maximum Gasteiger partial charge on any atom is 0.205 e. The molecule has 2 atom stereocenters. The van der Waals surface area contributed by atoms with E-state index in [1.807, 2.05) is 30.3 Å². The molecule has 8 heteroatoms. The molecule has 0 spiro atoms. The number of Topliss-reactive ketones (excluding diaryl/α,β-unsaturated/α-hetero) is 1. The maximum absolute atomic E-state index is 14.2. The number of benzene rings is 3. The molecule has 1 aliphatic heterocycles. The van der Waals surface area contributed by atoms with Gasteiger partial charge in [-0.3, -0.25) is 4.79 Å². The summed E-state index contributed by atoms with van der Waals surface area (Å²) in [5, 5.41) is 10.2. The molecule has 5 rings (SSSR count). The van der Waals surface area contributed by atoms with Gasteiger partial charge < -0.3 is 19.9 Å². The van der Waals surface area contributed by atoms with Gasteiger partial charge in [-0.05, 0) is 41.3 Å². The molecule has 0 unspecified atom stereocenters. The van der Waals surface area contributed by atoms with Gasteiger partial charge in [-0.2, -0.15) is 5.26 Å². The Morgan fingerprint density at radius 2 is 1.87 bits per heavy atom. The standard InChI is InChI=1S/C30H24ClFN2O4/c1-36-26-13-18(10-11-25(26)37-16-21-22(31)8-5-9-23(21)32)28-20(15-33)30(34)38-27-14-19(12-24(35)29(27)28)17-6-3-2-4-7-17/h2-11,13,19,28H,12,14,16,34H2,1H3/t19-,28-/m1/s1. The molecular weight excluding hydrogens is 507 g/mol. The van der Waals surface area contributed by atoms with Gasteiger partial charge >= 0.3 is 0 Å². The molecule has 2 aliphatic rings. The summed E-state index contributed by atoms with van der Waals surface area (Å²) in [5.41, 5.74) is 8.66. The number of allylic oxidation sites excluding steroid dienone is 3. The number of carbonyl (C=O) groups is 1. The first-order valence-corrected chi connectivity index (χ1v) is 12.4. The molecule has 3 aromatic carbocycles. The van der Waals surface area contributed by atoms with E-state index in [0.29, 0.717) is 41.2 Å². The molecule has 0 fully saturated rings. The zero-order valence-electron chi connectivity index (χ0n) is 20.5. The topological polar surface area (TPSA) is 94.6 Å². The highest BCUT2D eigenvalue weighted by molar-refractivity contribution is 6.31. The SMILES string of the molecule is COc1cc([C@@H]2C(C#N)=C(N)OC3=C2C(=O)C[C@@H](c2ccccc2)C3)ccc1OCc1c(F)cccc1Cl. The number of ether oxygens (including phenoxy) is 3. The maximum atomic E-state index is 14.2. The number of carbonyl (C=O) groups excluding carboxylic acids is 1. The van der Waals surface area contributed by atoms with E-state index in [9.17, 15) is 14.4 Å². The lowest BCUT2D eigenvalue weighted by atomic mass is 9.73. The Kier molecular flexibility index (Phi) is 7.08. The van der Waals surface area contributed by atoms with Crippen LogP contribution in [0.15, 0.2) is 89.5 Å². The zero-order valence-corrected chi connectivity index (χ0v) is 21.3. The summed E-state index contributed by atoms with van der Waals surface area (Å²) in [6.45, 7) is -0.108. The fourth-order valence-corrected chi connectivity index (χ4v) is 5.22. The van der Waals surface area contributed by atoms with Crippen LogP contribution in [0, 0.1) is 17.1 Å². The van der Waals surface area contributed by atoms with Crippen LogP contribution in [0.4, 0.5) is 4.39 Å². The summed E-state index contributed by atoms with van der Waals surface area (Å²) in [6, 6.07) is 21.4. The summed E-state index contributed by atoms with van der Waals surface area (Å²) in [7, 11) is 1.47. The Bertz CT molecular complexity index is 1490. The molecule has 6 nitrogen and oxygen atoms in total. The molecule has 1 aliphatic carbocycles. The highest BCUT2D eigenvalue weighted by Gasteiger charge is 2.41. The van der Waals surface area contributed by atoms with Crippen molar-refractivity contribution in [2.24, 2.45) is 5.73 Å². The van der Waals surface area contributed by atoms with Crippen molar-refractivity contribution in [1.82, 2.24) is 0 Å². The monoisotopic (exact) mass is 530 g/mol. The van der Waals surface area contributed by atoms with Crippen LogP contribution in [-0.2, 0) is 16.1 Å². The third kappa shape index (κ3) is 4.71. The van der Waals surface area contributed by atoms with Crippen LogP contribution < -0.4 is 15.2 Å². The molecule has 0 saturated heterocycles. The van der Waals surface area contributed by atoms with E-state index in [1.165, 1.54) is 19.2 Å². The molecule has 1 heterocycles. The van der Waals surface area contributed by atoms with Crippen molar-refractivity contribution in [3.63, 3.8) is 0 Å². The van der Waals surface area contributed by atoms with E-state index in [4.69, 9.17) is 31.5 Å². The highest BCUT2D eigenvalue weighted by atomic mass is 35.5. The van der Waals surface area contributed by atoms with Crippen LogP contribution in [0.2, 0.25) is 5.02 Å². The molecule has 3 aromatic rings. The van der Waals surface area contributed by atoms with Crippen LogP contribution in [-0.4, -0.2) is 12.9 Å². The number of nitriles is 1. The molecule has 38 heavy (non-hydrogen) atoms. The number of nitrogens with two attached hydrogens (primary N) is 1. The van der Waals surface area contributed by atoms with Crippen molar-refractivity contribution < 1.29 is 23.4 Å². The highest BCUT2D eigenvalue weighted by Crippen LogP contribution is 2.47. The van der Waals surface area contributed by atoms with Crippen molar-refractivity contribution in [2.45, 2.75) is 31.3 Å². The second-order valence-corrected chi connectivity index (χ2v) is 9.51. The van der Waals surface area contributed by atoms with Gasteiger partial charge in [0.2, 0.25) is 5.88 Å². The quantitative estimate of drug-likeness (QED) is 0.403. The number of ketones is 1. The van der Waals surface area contributed by atoms with Gasteiger partial charge in [0.05, 0.1) is 18.1 Å². The number of hydrogen-bond donors (Lipinski definition) is 1. The summed E-state index contributed by atoms with van der Waals surface area (Å²) < 4.78 is 31.4. The van der Waals surface area contributed by atoms with Crippen molar-refractivity contribution in [3.8, 4) is 17.6 Å². The lowest BCUT2D eigenvalue weighted by molar-refractivity contribution is -0.117. The minimum Gasteiger partial charge on any atom is -0.493 e. The van der Waals surface area contributed by atoms with Crippen molar-refractivity contribution in [1.29, 1.82) is 5.26 Å². The van der Waals surface area contributed by atoms with Gasteiger partial charge in [-0.1, -0.05) is 54.1 Å². The smallest absolute Gasteiger partial charge is 0.205 e. The Balaban J connectivity index is 1.49. The van der Waals surface area contributed by atoms with Crippen molar-refractivity contribution >= 4 is 17.4 Å². The summed E-state index contributed by atoms with van der Waals surface area (Å²) in [5.74, 6) is -0.169. The van der Waals surface area contributed by atoms with Gasteiger partial charge in [-0.25, -0.2) is 4.39 Å². The van der Waals surface area contributed by atoms with Crippen LogP contribution in [0.25, 0.3) is 0 Å². The van der Waals surface area contributed by atoms with Crippen molar-refractivity contribution in [3.05, 3.63) is 117 Å². The van der Waals surface area contributed by atoms with E-state index in [1.54, 1.807) is 24.3 Å². The van der Waals surface area contributed by atoms with Gasteiger partial charge in [0.1, 0.15) is 29.8 Å². The second kappa shape index (κ2) is 10.6. The van der Waals surface area contributed by atoms with Gasteiger partial charge in [0, 0.05) is 24.0 Å². The Morgan fingerprint density at radius 1 is 1.08 bits per heavy atom. The zero-order chi connectivity index (χ0) is 26.8. The van der Waals surface area contributed by atoms with E-state index in [0.717, 1.165) is 5.56 Å². The first-order chi connectivity index (χ1) is 18.4. The molecule has 0 saturated carbocycles. The molecule has 0 bridgehead atoms. The largest absolute Gasteiger partial charge is 0.493 e. The van der Waals surface area contributed by atoms with E-state index < -0.39 is 11.7 Å². The number of hydrogen-bond acceptors (Lipinski definition) is 6. The Morgan fingerprint density at radius 3 is 2.58 bits per heavy atom. The van der Waals surface area contributed by atoms with E-state index in [2.05, 4.69) is 6.07 Å². The number of methoxy groups -OCH3 is 1. The van der Waals surface area contributed by atoms with Crippen molar-refractivity contribution in [2.75, 3.05) is 7.11 Å². The molecule has 2 N–H and O–H groups in total. The van der Waals surface area contributed by atoms with E-state index >= 15 is 0 Å². The number of nitrogens with zero attached hydrogens (tertiary/aromatic N) is 1. The lowest BCUT2D eigenvalue weighted by Crippen LogP contribution is -2.29. The van der Waals surface area contributed by atoms with Gasteiger partial charge in [0.15, 0.2) is 17.3 Å². The second-order valence-electron chi connectivity index (χ2n) is 9.10. The van der Waals surface area contributed by atoms with Gasteiger partial charge in [-0.15, -0.1) is 0 Å². The summed E-state index contributed by atoms with van der Waals surface area (Å²) in [6.07, 6.45) is 0.784. The molecule has 192 valence electrons. The minimum absolute atomic E-state index is 0.0220. The Hall–Kier alpha value is -4.28. The molecule has 0 radical (unpaired) electrons. The van der Waals surface area contributed by atoms with Crippen LogP contribution in [0.3, 0.4) is 0 Å². The normalized spacial score (nSPS) is 18.9. The first kappa shape index (κ1) is 25.4. The fraction of sp³-hybridized carbons (Fsp3) is 0.200. The number of halogens is 2. The predicted octanol–water partition coefficient (Wildman–Crippen LogP) is 6.28. The average molecular weight is 531 g/mol. The fourth-order valence-electron chi connectivity index (χ4n) is 5.01. The lowest BCUT2D eigenvalue weighted by Gasteiger charge is -2.34. The third-order valence-electron chi connectivity index (χ3n) is 6.89. The first-order valence-electron chi connectivity index (χ1n) is 12.0. The van der Waals surface area contributed by atoms with Crippen LogP contribution in [0.5, 0.6) is 11.5 Å². The molecule has 0 aromatic heterocycles. The predicted molar refractivity (Wildman–Crippen MR) is 140 cm³/mol. The van der Waals surface area contributed by atoms with Gasteiger partial charge in [0.25, 0.3) is 0 Å². The summed E-state index contributed by atoms with van der Waals surface area (Å²) >= 11 is 6.12. The third-order valence-corrected chi connectivity index (χ3v) is 7.24. The van der Waals surface area contributed by atoms with Crippen LogP contribution >= 0.6 is 11.6 Å². The molecule has 0 amide bonds.